The van der Waals surface area contributed by atoms with E-state index in [0.717, 1.165) is 12.0 Å². The van der Waals surface area contributed by atoms with Crippen molar-refractivity contribution >= 4 is 50.2 Å². The third-order valence-electron chi connectivity index (χ3n) is 5.15. The summed E-state index contributed by atoms with van der Waals surface area (Å²) in [5.41, 5.74) is 26.0. The Hall–Kier alpha value is -3.52. The first kappa shape index (κ1) is 19.8. The Kier molecular flexibility index (Phi) is 4.66. The normalized spacial score (nSPS) is 12.5. The Balaban J connectivity index is 1.90. The van der Waals surface area contributed by atoms with E-state index in [1.807, 2.05) is 25.1 Å². The topological polar surface area (TPSA) is 147 Å². The molecule has 152 valence electrons. The van der Waals surface area contributed by atoms with Gasteiger partial charge in [0.2, 0.25) is 0 Å². The maximum atomic E-state index is 13.3. The van der Waals surface area contributed by atoms with E-state index in [1.54, 1.807) is 6.07 Å². The fourth-order valence-corrected chi connectivity index (χ4v) is 4.07. The molecule has 0 bridgehead atoms. The van der Waals surface area contributed by atoms with E-state index >= 15 is 0 Å². The van der Waals surface area contributed by atoms with Crippen molar-refractivity contribution < 1.29 is 14.3 Å². The average Bonchev–Trinajstić information content (AvgIpc) is 2.71. The molecule has 0 aliphatic heterocycles. The van der Waals surface area contributed by atoms with Crippen LogP contribution in [0.5, 0.6) is 11.5 Å². The lowest BCUT2D eigenvalue weighted by Gasteiger charge is -2.24. The van der Waals surface area contributed by atoms with Gasteiger partial charge in [-0.05, 0) is 46.1 Å². The molecule has 7 nitrogen and oxygen atoms in total. The van der Waals surface area contributed by atoms with Crippen LogP contribution in [0.3, 0.4) is 0 Å². The molecule has 3 aromatic carbocycles. The van der Waals surface area contributed by atoms with Gasteiger partial charge in [-0.1, -0.05) is 19.1 Å². The fraction of sp³-hybridized carbons (Fsp3) is 0.0909. The second-order valence-corrected chi connectivity index (χ2v) is 7.85. The number of rotatable bonds is 3. The Labute approximate surface area is 181 Å². The highest BCUT2D eigenvalue weighted by atomic mass is 79.9. The van der Waals surface area contributed by atoms with E-state index in [1.165, 1.54) is 12.1 Å². The Morgan fingerprint density at radius 2 is 1.43 bits per heavy atom. The number of ether oxygens (including phenoxy) is 1. The summed E-state index contributed by atoms with van der Waals surface area (Å²) >= 11 is 3.26. The van der Waals surface area contributed by atoms with Crippen LogP contribution in [0.2, 0.25) is 0 Å². The minimum absolute atomic E-state index is 0.00357. The fourth-order valence-electron chi connectivity index (χ4n) is 3.63. The van der Waals surface area contributed by atoms with Gasteiger partial charge in [-0.3, -0.25) is 9.59 Å². The first-order chi connectivity index (χ1) is 14.2. The molecule has 0 fully saturated rings. The largest absolute Gasteiger partial charge is 0.455 e. The smallest absolute Gasteiger partial charge is 0.198 e. The molecular weight excluding hydrogens is 448 g/mol. The van der Waals surface area contributed by atoms with Gasteiger partial charge in [-0.15, -0.1) is 0 Å². The van der Waals surface area contributed by atoms with Crippen molar-refractivity contribution in [2.24, 2.45) is 0 Å². The Morgan fingerprint density at radius 1 is 0.833 bits per heavy atom. The van der Waals surface area contributed by atoms with Crippen LogP contribution in [0.15, 0.2) is 40.9 Å². The van der Waals surface area contributed by atoms with E-state index in [0.29, 0.717) is 10.2 Å². The molecule has 8 N–H and O–H groups in total. The molecule has 4 rings (SSSR count). The van der Waals surface area contributed by atoms with Gasteiger partial charge in [0.05, 0.1) is 33.6 Å². The van der Waals surface area contributed by atoms with Gasteiger partial charge < -0.3 is 27.7 Å². The number of carbonyl (C=O) groups is 2. The first-order valence-corrected chi connectivity index (χ1v) is 9.99. The summed E-state index contributed by atoms with van der Waals surface area (Å²) in [6.45, 7) is 2.03. The van der Waals surface area contributed by atoms with Crippen molar-refractivity contribution in [2.45, 2.75) is 13.3 Å². The molecule has 0 heterocycles. The summed E-state index contributed by atoms with van der Waals surface area (Å²) < 4.78 is 6.33. The SMILES string of the molecule is CCc1cccc(Oc2cc(N)c3c(c2N)C(=O)c2c(N)cc(Br)c(N)c2C3=O)c1. The molecule has 1 aliphatic rings. The van der Waals surface area contributed by atoms with E-state index < -0.39 is 11.6 Å². The van der Waals surface area contributed by atoms with Crippen LogP contribution in [0.1, 0.15) is 44.3 Å². The number of nitrogens with two attached hydrogens (primary N) is 4. The molecule has 0 radical (unpaired) electrons. The Morgan fingerprint density at radius 3 is 2.07 bits per heavy atom. The lowest BCUT2D eigenvalue weighted by Crippen LogP contribution is -2.26. The monoisotopic (exact) mass is 466 g/mol. The zero-order valence-corrected chi connectivity index (χ0v) is 17.7. The molecule has 1 aliphatic carbocycles. The molecule has 0 atom stereocenters. The summed E-state index contributed by atoms with van der Waals surface area (Å²) in [4.78, 5) is 26.5. The van der Waals surface area contributed by atoms with Crippen LogP contribution < -0.4 is 27.7 Å². The summed E-state index contributed by atoms with van der Waals surface area (Å²) in [6.07, 6.45) is 0.832. The second kappa shape index (κ2) is 7.07. The molecule has 0 spiro atoms. The average molecular weight is 467 g/mol. The minimum atomic E-state index is -0.520. The van der Waals surface area contributed by atoms with Crippen molar-refractivity contribution in [3.63, 3.8) is 0 Å². The maximum Gasteiger partial charge on any atom is 0.198 e. The molecule has 8 heteroatoms. The van der Waals surface area contributed by atoms with E-state index in [2.05, 4.69) is 15.9 Å². The summed E-state index contributed by atoms with van der Waals surface area (Å²) in [6, 6.07) is 10.4. The maximum absolute atomic E-state index is 13.3. The van der Waals surface area contributed by atoms with Crippen LogP contribution >= 0.6 is 15.9 Å². The van der Waals surface area contributed by atoms with Gasteiger partial charge in [-0.25, -0.2) is 0 Å². The third-order valence-corrected chi connectivity index (χ3v) is 5.81. The number of ketones is 2. The van der Waals surface area contributed by atoms with Crippen LogP contribution in [0, 0.1) is 0 Å². The predicted molar refractivity (Wildman–Crippen MR) is 121 cm³/mol. The number of hydrogen-bond donors (Lipinski definition) is 4. The number of fused-ring (bicyclic) bond motifs is 2. The van der Waals surface area contributed by atoms with Crippen LogP contribution in [0.4, 0.5) is 22.7 Å². The number of aryl methyl sites for hydroxylation is 1. The van der Waals surface area contributed by atoms with E-state index in [9.17, 15) is 9.59 Å². The van der Waals surface area contributed by atoms with Gasteiger partial charge in [0.25, 0.3) is 0 Å². The summed E-state index contributed by atoms with van der Waals surface area (Å²) in [7, 11) is 0. The number of hydrogen-bond acceptors (Lipinski definition) is 7. The molecule has 0 saturated heterocycles. The number of nitrogen functional groups attached to an aromatic ring is 4. The minimum Gasteiger partial charge on any atom is -0.455 e. The summed E-state index contributed by atoms with van der Waals surface area (Å²) in [5, 5.41) is 0. The number of carbonyl (C=O) groups excluding carboxylic acids is 2. The van der Waals surface area contributed by atoms with Crippen molar-refractivity contribution in [1.29, 1.82) is 0 Å². The zero-order chi connectivity index (χ0) is 21.7. The van der Waals surface area contributed by atoms with Crippen molar-refractivity contribution in [3.8, 4) is 11.5 Å². The molecule has 3 aromatic rings. The molecular formula is C22H19BrN4O3. The molecule has 0 aromatic heterocycles. The molecule has 0 unspecified atom stereocenters. The third kappa shape index (κ3) is 2.88. The van der Waals surface area contributed by atoms with Crippen molar-refractivity contribution in [2.75, 3.05) is 22.9 Å². The predicted octanol–water partition coefficient (Wildman–Crippen LogP) is 3.91. The van der Waals surface area contributed by atoms with Gasteiger partial charge in [0.1, 0.15) is 5.75 Å². The van der Waals surface area contributed by atoms with Gasteiger partial charge in [-0.2, -0.15) is 0 Å². The van der Waals surface area contributed by atoms with E-state index in [-0.39, 0.29) is 50.8 Å². The number of anilines is 4. The lowest BCUT2D eigenvalue weighted by atomic mass is 9.80. The van der Waals surface area contributed by atoms with Crippen LogP contribution in [-0.4, -0.2) is 11.6 Å². The van der Waals surface area contributed by atoms with E-state index in [4.69, 9.17) is 27.7 Å². The van der Waals surface area contributed by atoms with Crippen LogP contribution in [0.25, 0.3) is 0 Å². The summed E-state index contributed by atoms with van der Waals surface area (Å²) in [5.74, 6) is -0.294. The highest BCUT2D eigenvalue weighted by Gasteiger charge is 2.38. The lowest BCUT2D eigenvalue weighted by molar-refractivity contribution is 0.0981. The highest BCUT2D eigenvalue weighted by Crippen LogP contribution is 2.44. The van der Waals surface area contributed by atoms with Crippen LogP contribution in [-0.2, 0) is 6.42 Å². The Bertz CT molecular complexity index is 1250. The quantitative estimate of drug-likeness (QED) is 0.334. The molecule has 0 amide bonds. The molecule has 30 heavy (non-hydrogen) atoms. The highest BCUT2D eigenvalue weighted by molar-refractivity contribution is 9.10. The van der Waals surface area contributed by atoms with Crippen molar-refractivity contribution in [3.05, 3.63) is 68.7 Å². The molecule has 0 saturated carbocycles. The second-order valence-electron chi connectivity index (χ2n) is 7.00. The first-order valence-electron chi connectivity index (χ1n) is 9.20. The number of benzene rings is 3. The van der Waals surface area contributed by atoms with Gasteiger partial charge in [0, 0.05) is 21.9 Å². The van der Waals surface area contributed by atoms with Gasteiger partial charge in [0.15, 0.2) is 17.3 Å². The zero-order valence-electron chi connectivity index (χ0n) is 16.1. The number of halogens is 1. The van der Waals surface area contributed by atoms with Crippen molar-refractivity contribution in [1.82, 2.24) is 0 Å². The van der Waals surface area contributed by atoms with Gasteiger partial charge >= 0.3 is 0 Å². The standard InChI is InChI=1S/C22H19BrN4O3/c1-2-9-4-3-5-10(6-9)30-14-8-13(25)16-18(20(14)27)22(29)15-12(24)7-11(23)19(26)17(15)21(16)28/h3-8H,2,24-27H2,1H3.